The predicted octanol–water partition coefficient (Wildman–Crippen LogP) is 5.49. The van der Waals surface area contributed by atoms with Crippen LogP contribution in [0.2, 0.25) is 0 Å². The van der Waals surface area contributed by atoms with E-state index in [2.05, 4.69) is 30.0 Å². The van der Waals surface area contributed by atoms with Gasteiger partial charge in [-0.15, -0.1) is 0 Å². The Labute approximate surface area is 186 Å². The summed E-state index contributed by atoms with van der Waals surface area (Å²) in [5, 5.41) is 0. The van der Waals surface area contributed by atoms with Gasteiger partial charge in [0, 0.05) is 19.6 Å². The van der Waals surface area contributed by atoms with Gasteiger partial charge in [-0.05, 0) is 43.9 Å². The second-order valence-corrected chi connectivity index (χ2v) is 8.36. The van der Waals surface area contributed by atoms with Crippen LogP contribution in [0.25, 0.3) is 5.57 Å². The summed E-state index contributed by atoms with van der Waals surface area (Å²) < 4.78 is 0. The van der Waals surface area contributed by atoms with E-state index < -0.39 is 0 Å². The molecule has 0 bridgehead atoms. The molecular formula is C27H34N2O2. The van der Waals surface area contributed by atoms with E-state index in [4.69, 9.17) is 0 Å². The van der Waals surface area contributed by atoms with Crippen LogP contribution in [0.5, 0.6) is 0 Å². The fraction of sp³-hybridized carbons (Fsp3) is 0.407. The molecule has 3 rings (SSSR count). The van der Waals surface area contributed by atoms with Crippen LogP contribution < -0.4 is 0 Å². The van der Waals surface area contributed by atoms with Crippen LogP contribution in [0.15, 0.2) is 54.2 Å². The van der Waals surface area contributed by atoms with Gasteiger partial charge in [0.2, 0.25) is 0 Å². The fourth-order valence-corrected chi connectivity index (χ4v) is 4.25. The van der Waals surface area contributed by atoms with Crippen LogP contribution in [0.4, 0.5) is 0 Å². The Kier molecular flexibility index (Phi) is 7.67. The average Bonchev–Trinajstić information content (AvgIpc) is 3.00. The second kappa shape index (κ2) is 10.4. The molecule has 0 aromatic heterocycles. The van der Waals surface area contributed by atoms with E-state index in [1.165, 1.54) is 4.90 Å². The van der Waals surface area contributed by atoms with Crippen LogP contribution in [-0.2, 0) is 16.1 Å². The van der Waals surface area contributed by atoms with Crippen molar-refractivity contribution in [1.29, 1.82) is 0 Å². The van der Waals surface area contributed by atoms with Gasteiger partial charge in [0.15, 0.2) is 0 Å². The van der Waals surface area contributed by atoms with Crippen LogP contribution in [0.3, 0.4) is 0 Å². The number of likely N-dealkylation sites (N-methyl/N-ethyl adjacent to an activating group) is 1. The lowest BCUT2D eigenvalue weighted by Gasteiger charge is -2.25. The zero-order valence-electron chi connectivity index (χ0n) is 19.3. The molecule has 4 heteroatoms. The van der Waals surface area contributed by atoms with Crippen molar-refractivity contribution in [3.8, 4) is 0 Å². The molecule has 0 unspecified atom stereocenters. The monoisotopic (exact) mass is 418 g/mol. The minimum absolute atomic E-state index is 0.157. The Balaban J connectivity index is 2.02. The predicted molar refractivity (Wildman–Crippen MR) is 126 cm³/mol. The van der Waals surface area contributed by atoms with Gasteiger partial charge in [-0.1, -0.05) is 80.3 Å². The number of unbranched alkanes of at least 4 members (excludes halogenated alkanes) is 3. The van der Waals surface area contributed by atoms with E-state index in [0.717, 1.165) is 47.9 Å². The number of imide groups is 1. The molecule has 0 atom stereocenters. The highest BCUT2D eigenvalue weighted by Crippen LogP contribution is 2.34. The fourth-order valence-electron chi connectivity index (χ4n) is 4.25. The molecule has 0 saturated carbocycles. The van der Waals surface area contributed by atoms with Crippen molar-refractivity contribution in [2.75, 3.05) is 13.1 Å². The highest BCUT2D eigenvalue weighted by atomic mass is 16.2. The maximum absolute atomic E-state index is 13.5. The summed E-state index contributed by atoms with van der Waals surface area (Å²) in [6.07, 6.45) is 4.13. The number of hydrogen-bond acceptors (Lipinski definition) is 3. The van der Waals surface area contributed by atoms with Gasteiger partial charge in [0.1, 0.15) is 5.70 Å². The molecule has 164 valence electrons. The molecule has 0 fully saturated rings. The number of aryl methyl sites for hydroxylation is 2. The van der Waals surface area contributed by atoms with Crippen LogP contribution in [0, 0.1) is 13.8 Å². The molecule has 2 aromatic rings. The maximum atomic E-state index is 13.5. The van der Waals surface area contributed by atoms with Gasteiger partial charge < -0.3 is 4.90 Å². The van der Waals surface area contributed by atoms with Crippen molar-refractivity contribution in [3.05, 3.63) is 76.5 Å². The summed E-state index contributed by atoms with van der Waals surface area (Å²) in [7, 11) is 0. The number of nitrogens with zero attached hydrogens (tertiary/aromatic N) is 2. The first-order valence-electron chi connectivity index (χ1n) is 11.4. The zero-order chi connectivity index (χ0) is 22.4. The lowest BCUT2D eigenvalue weighted by atomic mass is 9.97. The Morgan fingerprint density at radius 3 is 2.26 bits per heavy atom. The van der Waals surface area contributed by atoms with Crippen molar-refractivity contribution < 1.29 is 9.59 Å². The van der Waals surface area contributed by atoms with Crippen LogP contribution >= 0.6 is 0 Å². The topological polar surface area (TPSA) is 40.6 Å². The van der Waals surface area contributed by atoms with Gasteiger partial charge in [0.25, 0.3) is 11.8 Å². The third kappa shape index (κ3) is 5.07. The molecule has 1 heterocycles. The summed E-state index contributed by atoms with van der Waals surface area (Å²) in [6.45, 7) is 10.00. The van der Waals surface area contributed by atoms with E-state index in [0.29, 0.717) is 30.9 Å². The van der Waals surface area contributed by atoms with E-state index in [-0.39, 0.29) is 11.8 Å². The number of rotatable bonds is 10. The Morgan fingerprint density at radius 1 is 0.871 bits per heavy atom. The molecule has 0 radical (unpaired) electrons. The van der Waals surface area contributed by atoms with Crippen molar-refractivity contribution in [2.45, 2.75) is 59.9 Å². The average molecular weight is 419 g/mol. The van der Waals surface area contributed by atoms with Crippen molar-refractivity contribution in [3.63, 3.8) is 0 Å². The molecule has 0 saturated heterocycles. The normalized spacial score (nSPS) is 14.0. The first-order valence-corrected chi connectivity index (χ1v) is 11.4. The third-order valence-electron chi connectivity index (χ3n) is 5.94. The number of carbonyl (C=O) groups excluding carboxylic acids is 2. The molecule has 1 aliphatic rings. The summed E-state index contributed by atoms with van der Waals surface area (Å²) in [6, 6.07) is 16.2. The van der Waals surface area contributed by atoms with E-state index >= 15 is 0 Å². The van der Waals surface area contributed by atoms with Crippen LogP contribution in [0.1, 0.15) is 61.8 Å². The Bertz CT molecular complexity index is 962. The molecule has 4 nitrogen and oxygen atoms in total. The van der Waals surface area contributed by atoms with Gasteiger partial charge in [-0.3, -0.25) is 14.5 Å². The summed E-state index contributed by atoms with van der Waals surface area (Å²) in [4.78, 5) is 30.6. The summed E-state index contributed by atoms with van der Waals surface area (Å²) >= 11 is 0. The van der Waals surface area contributed by atoms with Gasteiger partial charge in [-0.2, -0.15) is 0 Å². The van der Waals surface area contributed by atoms with Crippen LogP contribution in [-0.4, -0.2) is 34.7 Å². The molecular weight excluding hydrogens is 384 g/mol. The van der Waals surface area contributed by atoms with Crippen molar-refractivity contribution in [2.24, 2.45) is 0 Å². The number of benzene rings is 2. The summed E-state index contributed by atoms with van der Waals surface area (Å²) in [5.74, 6) is -0.316. The first-order chi connectivity index (χ1) is 15.0. The first kappa shape index (κ1) is 22.8. The molecule has 2 aromatic carbocycles. The minimum atomic E-state index is -0.158. The SMILES string of the molecule is CCCCCCN1C(=O)C(c2ccc(C)cc2C)=C(N(CC)Cc2ccccc2)C1=O. The summed E-state index contributed by atoms with van der Waals surface area (Å²) in [5.41, 5.74) is 5.25. The molecule has 0 spiro atoms. The standard InChI is InChI=1S/C27H34N2O2/c1-5-7-8-12-17-29-26(30)24(23-16-15-20(3)18-21(23)4)25(27(29)31)28(6-2)19-22-13-10-9-11-14-22/h9-11,13-16,18H,5-8,12,17,19H2,1-4H3. The maximum Gasteiger partial charge on any atom is 0.277 e. The third-order valence-corrected chi connectivity index (χ3v) is 5.94. The molecule has 1 aliphatic heterocycles. The van der Waals surface area contributed by atoms with E-state index in [1.54, 1.807) is 0 Å². The smallest absolute Gasteiger partial charge is 0.277 e. The highest BCUT2D eigenvalue weighted by Gasteiger charge is 2.41. The van der Waals surface area contributed by atoms with Gasteiger partial charge in [-0.25, -0.2) is 0 Å². The van der Waals surface area contributed by atoms with E-state index in [1.807, 2.05) is 51.1 Å². The Morgan fingerprint density at radius 2 is 1.61 bits per heavy atom. The van der Waals surface area contributed by atoms with E-state index in [9.17, 15) is 9.59 Å². The largest absolute Gasteiger partial charge is 0.362 e. The molecule has 2 amide bonds. The highest BCUT2D eigenvalue weighted by molar-refractivity contribution is 6.35. The molecule has 31 heavy (non-hydrogen) atoms. The van der Waals surface area contributed by atoms with Crippen molar-refractivity contribution >= 4 is 17.4 Å². The van der Waals surface area contributed by atoms with Gasteiger partial charge >= 0.3 is 0 Å². The van der Waals surface area contributed by atoms with Gasteiger partial charge in [0.05, 0.1) is 5.57 Å². The second-order valence-electron chi connectivity index (χ2n) is 8.36. The lowest BCUT2D eigenvalue weighted by molar-refractivity contribution is -0.137. The quantitative estimate of drug-likeness (QED) is 0.379. The Hall–Kier alpha value is -2.88. The number of amides is 2. The minimum Gasteiger partial charge on any atom is -0.362 e. The van der Waals surface area contributed by atoms with Crippen molar-refractivity contribution in [1.82, 2.24) is 9.80 Å². The number of carbonyl (C=O) groups is 2. The molecule has 0 aliphatic carbocycles. The number of hydrogen-bond donors (Lipinski definition) is 0. The lowest BCUT2D eigenvalue weighted by Crippen LogP contribution is -2.35. The zero-order valence-corrected chi connectivity index (χ0v) is 19.3. The molecule has 0 N–H and O–H groups in total.